The van der Waals surface area contributed by atoms with Crippen molar-refractivity contribution in [3.8, 4) is 0 Å². The summed E-state index contributed by atoms with van der Waals surface area (Å²) in [6.45, 7) is 0. The van der Waals surface area contributed by atoms with Gasteiger partial charge in [0.15, 0.2) is 0 Å². The molecule has 0 aliphatic rings. The Morgan fingerprint density at radius 3 is 1.64 bits per heavy atom. The second kappa shape index (κ2) is 29.7. The first kappa shape index (κ1) is 29.3. The van der Waals surface area contributed by atoms with Crippen LogP contribution in [0.25, 0.3) is 0 Å². The Bertz CT molecular complexity index is 158. The van der Waals surface area contributed by atoms with Gasteiger partial charge < -0.3 is 5.32 Å². The van der Waals surface area contributed by atoms with Crippen molar-refractivity contribution in [2.75, 3.05) is 7.05 Å². The highest BCUT2D eigenvalue weighted by Gasteiger charge is 1.63. The highest BCUT2D eigenvalue weighted by molar-refractivity contribution is 5.65. The number of quaternary nitrogens is 1. The third-order valence-corrected chi connectivity index (χ3v) is 0.827. The van der Waals surface area contributed by atoms with Crippen LogP contribution in [0.1, 0.15) is 29.7 Å². The Morgan fingerprint density at radius 2 is 1.21 bits per heavy atom. The van der Waals surface area contributed by atoms with Crippen molar-refractivity contribution in [3.05, 3.63) is 36.6 Å². The molecule has 2 N–H and O–H groups in total. The highest BCUT2D eigenvalue weighted by atomic mass is 16.1. The second-order valence-electron chi connectivity index (χ2n) is 1.62. The first-order valence-corrected chi connectivity index (χ1v) is 3.15. The van der Waals surface area contributed by atoms with E-state index >= 15 is 0 Å². The second-order valence-corrected chi connectivity index (χ2v) is 1.62. The Balaban J connectivity index is -0.0000000675. The molecule has 0 aromatic rings. The summed E-state index contributed by atoms with van der Waals surface area (Å²) in [7, 11) is 1.95. The van der Waals surface area contributed by atoms with Crippen LogP contribution in [0, 0.1) is 0 Å². The molecule has 0 unspecified atom stereocenters. The molecular formula is C12H28NO+. The summed E-state index contributed by atoms with van der Waals surface area (Å²) in [4.78, 5) is 9.75. The number of allylic oxidation sites excluding steroid dienone is 5. The Labute approximate surface area is 90.4 Å². The summed E-state index contributed by atoms with van der Waals surface area (Å²) in [5.41, 5.74) is 0. The Morgan fingerprint density at radius 1 is 0.786 bits per heavy atom. The van der Waals surface area contributed by atoms with Crippen LogP contribution in [-0.4, -0.2) is 13.3 Å². The van der Waals surface area contributed by atoms with E-state index in [1.807, 2.05) is 30.7 Å². The predicted molar refractivity (Wildman–Crippen MR) is 68.3 cm³/mol. The largest absolute Gasteiger partial charge is 0.322 e. The summed E-state index contributed by atoms with van der Waals surface area (Å²) in [6, 6.07) is 0. The third-order valence-electron chi connectivity index (χ3n) is 0.827. The number of carbonyl (C=O) groups is 1. The summed E-state index contributed by atoms with van der Waals surface area (Å²) in [6.07, 6.45) is 11.4. The van der Waals surface area contributed by atoms with E-state index in [1.165, 1.54) is 6.08 Å². The molecule has 0 saturated carbocycles. The molecule has 0 aromatic heterocycles. The van der Waals surface area contributed by atoms with Crippen LogP contribution in [0.15, 0.2) is 36.6 Å². The number of nitrogens with two attached hydrogens (primary N) is 1. The van der Waals surface area contributed by atoms with Gasteiger partial charge in [-0.15, -0.1) is 0 Å². The van der Waals surface area contributed by atoms with Crippen molar-refractivity contribution in [3.63, 3.8) is 0 Å². The van der Waals surface area contributed by atoms with E-state index in [2.05, 4.69) is 0 Å². The zero-order chi connectivity index (χ0) is 7.66. The first-order valence-electron chi connectivity index (χ1n) is 3.15. The zero-order valence-corrected chi connectivity index (χ0v) is 6.03. The summed E-state index contributed by atoms with van der Waals surface area (Å²) >= 11 is 0. The van der Waals surface area contributed by atoms with Gasteiger partial charge >= 0.3 is 0 Å². The van der Waals surface area contributed by atoms with Gasteiger partial charge in [0.25, 0.3) is 0 Å². The average molecular weight is 202 g/mol. The SMILES string of the molecule is C.C.C.C.C[NH2+]C=CC=CC=CC=O. The number of hydrogen-bond donors (Lipinski definition) is 1. The van der Waals surface area contributed by atoms with Crippen molar-refractivity contribution in [2.45, 2.75) is 29.7 Å². The van der Waals surface area contributed by atoms with Crippen molar-refractivity contribution >= 4 is 6.29 Å². The van der Waals surface area contributed by atoms with Crippen LogP contribution in [0.5, 0.6) is 0 Å². The normalized spacial score (nSPS) is 8.64. The van der Waals surface area contributed by atoms with Crippen LogP contribution < -0.4 is 5.32 Å². The van der Waals surface area contributed by atoms with Crippen molar-refractivity contribution in [1.29, 1.82) is 0 Å². The van der Waals surface area contributed by atoms with Crippen LogP contribution in [0.4, 0.5) is 0 Å². The van der Waals surface area contributed by atoms with Gasteiger partial charge in [-0.2, -0.15) is 0 Å². The van der Waals surface area contributed by atoms with Gasteiger partial charge in [0.1, 0.15) is 6.29 Å². The van der Waals surface area contributed by atoms with E-state index < -0.39 is 0 Å². The fourth-order valence-corrected chi connectivity index (χ4v) is 0.413. The van der Waals surface area contributed by atoms with Crippen LogP contribution in [0.2, 0.25) is 0 Å². The molecule has 2 nitrogen and oxygen atoms in total. The van der Waals surface area contributed by atoms with E-state index in [4.69, 9.17) is 0 Å². The lowest BCUT2D eigenvalue weighted by Crippen LogP contribution is -2.72. The molecule has 0 heterocycles. The number of carbonyl (C=O) groups excluding carboxylic acids is 1. The van der Waals surface area contributed by atoms with Crippen molar-refractivity contribution in [2.24, 2.45) is 0 Å². The number of hydrogen-bond acceptors (Lipinski definition) is 1. The van der Waals surface area contributed by atoms with Gasteiger partial charge in [0.2, 0.25) is 0 Å². The van der Waals surface area contributed by atoms with Gasteiger partial charge in [0, 0.05) is 0 Å². The minimum absolute atomic E-state index is 0. The molecule has 0 bridgehead atoms. The Hall–Kier alpha value is -1.15. The van der Waals surface area contributed by atoms with Crippen LogP contribution in [0.3, 0.4) is 0 Å². The van der Waals surface area contributed by atoms with E-state index in [0.29, 0.717) is 0 Å². The lowest BCUT2D eigenvalue weighted by molar-refractivity contribution is -0.556. The molecule has 0 aliphatic carbocycles. The van der Waals surface area contributed by atoms with Gasteiger partial charge in [-0.25, -0.2) is 0 Å². The molecule has 0 aromatic carbocycles. The molecule has 0 fully saturated rings. The van der Waals surface area contributed by atoms with E-state index in [-0.39, 0.29) is 29.7 Å². The maximum atomic E-state index is 9.75. The molecular weight excluding hydrogens is 174 g/mol. The molecule has 0 spiro atoms. The maximum Gasteiger partial charge on any atom is 0.142 e. The van der Waals surface area contributed by atoms with Gasteiger partial charge in [-0.1, -0.05) is 47.9 Å². The van der Waals surface area contributed by atoms with Gasteiger partial charge in [-0.05, 0) is 12.2 Å². The summed E-state index contributed by atoms with van der Waals surface area (Å²) in [5, 5.41) is 1.94. The van der Waals surface area contributed by atoms with E-state index in [0.717, 1.165) is 6.29 Å². The molecule has 14 heavy (non-hydrogen) atoms. The fraction of sp³-hybridized carbons (Fsp3) is 0.417. The smallest absolute Gasteiger partial charge is 0.142 e. The van der Waals surface area contributed by atoms with Crippen LogP contribution in [-0.2, 0) is 4.79 Å². The topological polar surface area (TPSA) is 33.7 Å². The minimum atomic E-state index is 0. The lowest BCUT2D eigenvalue weighted by Gasteiger charge is -1.73. The van der Waals surface area contributed by atoms with Gasteiger partial charge in [-0.3, -0.25) is 4.79 Å². The quantitative estimate of drug-likeness (QED) is 0.424. The van der Waals surface area contributed by atoms with E-state index in [9.17, 15) is 4.79 Å². The lowest BCUT2D eigenvalue weighted by atomic mass is 10.4. The molecule has 2 heteroatoms. The molecule has 0 amide bonds. The molecule has 0 rings (SSSR count). The molecule has 0 saturated heterocycles. The monoisotopic (exact) mass is 202 g/mol. The number of rotatable bonds is 4. The Kier molecular flexibility index (Phi) is 62.2. The van der Waals surface area contributed by atoms with Gasteiger partial charge in [0.05, 0.1) is 13.2 Å². The zero-order valence-electron chi connectivity index (χ0n) is 6.03. The average Bonchev–Trinajstić information content (AvgIpc) is 1.97. The molecule has 0 radical (unpaired) electrons. The van der Waals surface area contributed by atoms with Crippen LogP contribution >= 0.6 is 0 Å². The van der Waals surface area contributed by atoms with Crippen molar-refractivity contribution < 1.29 is 10.1 Å². The standard InChI is InChI=1S/C8H11NO.4CH4/c1-9-7-5-3-2-4-6-8-10;;;;/h2-9H,1H3;4*1H4/p+1. The third kappa shape index (κ3) is 30.8. The maximum absolute atomic E-state index is 9.75. The summed E-state index contributed by atoms with van der Waals surface area (Å²) < 4.78 is 0. The van der Waals surface area contributed by atoms with Crippen molar-refractivity contribution in [1.82, 2.24) is 0 Å². The molecule has 86 valence electrons. The minimum Gasteiger partial charge on any atom is -0.322 e. The van der Waals surface area contributed by atoms with E-state index in [1.54, 1.807) is 12.2 Å². The summed E-state index contributed by atoms with van der Waals surface area (Å²) in [5.74, 6) is 0. The predicted octanol–water partition coefficient (Wildman–Crippen LogP) is 2.55. The first-order chi connectivity index (χ1) is 4.91. The molecule has 0 atom stereocenters. The fourth-order valence-electron chi connectivity index (χ4n) is 0.413. The highest BCUT2D eigenvalue weighted by Crippen LogP contribution is 1.74. The molecule has 0 aliphatic heterocycles. The number of aldehydes is 1.